The Morgan fingerprint density at radius 2 is 0.905 bits per heavy atom. The molecule has 4 atom stereocenters. The topological polar surface area (TPSA) is 159 Å². The predicted molar refractivity (Wildman–Crippen MR) is 295 cm³/mol. The summed E-state index contributed by atoms with van der Waals surface area (Å²) in [6.45, 7) is 11.8. The number of hydrogen-bond donors (Lipinski definition) is 3. The second kappa shape index (κ2) is 33.6. The fourth-order valence-corrected chi connectivity index (χ4v) is 7.75. The molecule has 0 saturated heterocycles. The molecule has 2 amide bonds. The van der Waals surface area contributed by atoms with Crippen LogP contribution >= 0.6 is 0 Å². The van der Waals surface area contributed by atoms with Crippen LogP contribution in [0.2, 0.25) is 0 Å². The molecule has 74 heavy (non-hydrogen) atoms. The molecule has 3 N–H and O–H groups in total. The van der Waals surface area contributed by atoms with Crippen LogP contribution in [0.25, 0.3) is 0 Å². The molecule has 0 radical (unpaired) electrons. The fourth-order valence-electron chi connectivity index (χ4n) is 7.31. The van der Waals surface area contributed by atoms with Crippen molar-refractivity contribution >= 4 is 21.9 Å². The first-order valence-corrected chi connectivity index (χ1v) is 27.1. The highest BCUT2D eigenvalue weighted by molar-refractivity contribution is 7.85. The standard InChI is InChI=1S/C30H37NO3.C19H23NO2.C12H18O5S/c1-23-9-13-27(14-10-23)19-29(31-30(32)18-17-26-7-5-4-6-8-26)22-33-20-25(3)34-21-28-15-11-24(2)12-16-28;1-15-7-9-17(10-8-15)13-18(14-21)20-19(22)12-11-16-5-3-2-4-6-16;1-10(8-17-18(3,13)14)16-9-11-4-6-12(15-2)7-5-11/h4-16,25,29H,17-22H2,1-3H3,(H,31,32);2-10,18,21H,11-14H2,1H3,(H,20,22);4-7,10H,8-9H2,1-3H3/t25?,29-;18-;/m00./s1. The van der Waals surface area contributed by atoms with Crippen molar-refractivity contribution in [2.24, 2.45) is 0 Å². The molecule has 12 nitrogen and oxygen atoms in total. The monoisotopic (exact) mass is 1030 g/mol. The zero-order valence-corrected chi connectivity index (χ0v) is 45.2. The van der Waals surface area contributed by atoms with Crippen LogP contribution in [0.5, 0.6) is 5.75 Å². The molecule has 0 spiro atoms. The van der Waals surface area contributed by atoms with Gasteiger partial charge in [0, 0.05) is 12.8 Å². The first kappa shape index (κ1) is 60.4. The van der Waals surface area contributed by atoms with Crippen molar-refractivity contribution in [3.63, 3.8) is 0 Å². The van der Waals surface area contributed by atoms with Crippen LogP contribution in [0, 0.1) is 20.8 Å². The predicted octanol–water partition coefficient (Wildman–Crippen LogP) is 9.81. The molecule has 2 unspecified atom stereocenters. The first-order chi connectivity index (χ1) is 35.5. The molecule has 0 aliphatic rings. The average molecular weight is 1030 g/mol. The molecular formula is C61H78N2O10S. The van der Waals surface area contributed by atoms with E-state index in [1.165, 1.54) is 27.8 Å². The minimum atomic E-state index is -3.41. The molecule has 0 aliphatic carbocycles. The van der Waals surface area contributed by atoms with Crippen LogP contribution in [0.4, 0.5) is 0 Å². The number of hydrogen-bond acceptors (Lipinski definition) is 10. The maximum Gasteiger partial charge on any atom is 0.264 e. The Morgan fingerprint density at radius 1 is 0.514 bits per heavy atom. The van der Waals surface area contributed by atoms with Crippen LogP contribution in [-0.2, 0) is 77.0 Å². The third-order valence-electron chi connectivity index (χ3n) is 11.7. The number of aliphatic hydroxyl groups is 1. The van der Waals surface area contributed by atoms with Gasteiger partial charge in [-0.2, -0.15) is 8.42 Å². The number of nitrogens with one attached hydrogen (secondary N) is 2. The summed E-state index contributed by atoms with van der Waals surface area (Å²) in [7, 11) is -1.80. The van der Waals surface area contributed by atoms with Crippen LogP contribution < -0.4 is 15.4 Å². The van der Waals surface area contributed by atoms with Crippen molar-refractivity contribution in [3.8, 4) is 5.75 Å². The lowest BCUT2D eigenvalue weighted by Gasteiger charge is -2.21. The highest BCUT2D eigenvalue weighted by Gasteiger charge is 2.16. The van der Waals surface area contributed by atoms with E-state index in [4.69, 9.17) is 18.9 Å². The van der Waals surface area contributed by atoms with Crippen molar-refractivity contribution in [3.05, 3.63) is 208 Å². The van der Waals surface area contributed by atoms with Gasteiger partial charge in [0.2, 0.25) is 11.8 Å². The lowest BCUT2D eigenvalue weighted by molar-refractivity contribution is -0.123. The van der Waals surface area contributed by atoms with Crippen molar-refractivity contribution in [1.82, 2.24) is 10.6 Å². The van der Waals surface area contributed by atoms with E-state index in [2.05, 4.69) is 89.3 Å². The normalized spacial score (nSPS) is 12.6. The number of aliphatic hydroxyl groups excluding tert-OH is 1. The first-order valence-electron chi connectivity index (χ1n) is 25.3. The zero-order valence-electron chi connectivity index (χ0n) is 44.3. The summed E-state index contributed by atoms with van der Waals surface area (Å²) >= 11 is 0. The highest BCUT2D eigenvalue weighted by Crippen LogP contribution is 2.14. The number of methoxy groups -OCH3 is 1. The molecule has 0 aliphatic heterocycles. The van der Waals surface area contributed by atoms with Crippen molar-refractivity contribution in [2.45, 2.75) is 111 Å². The number of amides is 2. The van der Waals surface area contributed by atoms with Gasteiger partial charge in [-0.15, -0.1) is 0 Å². The van der Waals surface area contributed by atoms with E-state index < -0.39 is 10.1 Å². The number of rotatable bonds is 27. The molecule has 0 heterocycles. The summed E-state index contributed by atoms with van der Waals surface area (Å²) in [5.74, 6) is 0.815. The number of carbonyl (C=O) groups excluding carboxylic acids is 2. The minimum Gasteiger partial charge on any atom is -0.497 e. The molecule has 6 aromatic carbocycles. The molecule has 0 aromatic heterocycles. The van der Waals surface area contributed by atoms with Crippen molar-refractivity contribution in [2.75, 3.05) is 39.8 Å². The summed E-state index contributed by atoms with van der Waals surface area (Å²) in [4.78, 5) is 24.7. The van der Waals surface area contributed by atoms with Gasteiger partial charge in [0.05, 0.1) is 77.3 Å². The van der Waals surface area contributed by atoms with Gasteiger partial charge in [-0.05, 0) is 106 Å². The molecule has 6 rings (SSSR count). The van der Waals surface area contributed by atoms with Crippen LogP contribution in [-0.4, -0.2) is 89.4 Å². The summed E-state index contributed by atoms with van der Waals surface area (Å²) in [6, 6.07) is 52.2. The van der Waals surface area contributed by atoms with E-state index in [9.17, 15) is 23.1 Å². The van der Waals surface area contributed by atoms with Gasteiger partial charge < -0.3 is 34.7 Å². The quantitative estimate of drug-likeness (QED) is 0.0424. The van der Waals surface area contributed by atoms with E-state index >= 15 is 0 Å². The van der Waals surface area contributed by atoms with Gasteiger partial charge in [-0.3, -0.25) is 13.8 Å². The van der Waals surface area contributed by atoms with Crippen LogP contribution in [0.15, 0.2) is 158 Å². The molecule has 13 heteroatoms. The Balaban J connectivity index is 0.000000256. The largest absolute Gasteiger partial charge is 0.497 e. The molecule has 6 aromatic rings. The summed E-state index contributed by atoms with van der Waals surface area (Å²) in [6.07, 6.45) is 4.42. The Bertz CT molecular complexity index is 2580. The lowest BCUT2D eigenvalue weighted by atomic mass is 10.0. The molecule has 0 saturated carbocycles. The third-order valence-corrected chi connectivity index (χ3v) is 12.2. The maximum absolute atomic E-state index is 12.7. The Kier molecular flexibility index (Phi) is 27.4. The molecule has 0 fully saturated rings. The molecule has 0 bridgehead atoms. The van der Waals surface area contributed by atoms with E-state index in [0.717, 1.165) is 53.5 Å². The Morgan fingerprint density at radius 3 is 1.32 bits per heavy atom. The summed E-state index contributed by atoms with van der Waals surface area (Å²) in [5.41, 5.74) is 10.4. The lowest BCUT2D eigenvalue weighted by Crippen LogP contribution is -2.40. The Labute approximate surface area is 440 Å². The van der Waals surface area contributed by atoms with Gasteiger partial charge in [-0.25, -0.2) is 0 Å². The summed E-state index contributed by atoms with van der Waals surface area (Å²) in [5, 5.41) is 15.6. The van der Waals surface area contributed by atoms with Crippen molar-refractivity contribution < 1.29 is 46.2 Å². The Hall–Kier alpha value is -6.19. The molecular weight excluding hydrogens is 953 g/mol. The second-order valence-electron chi connectivity index (χ2n) is 18.7. The average Bonchev–Trinajstić information content (AvgIpc) is 3.40. The maximum atomic E-state index is 12.7. The number of benzene rings is 6. The zero-order chi connectivity index (χ0) is 53.6. The van der Waals surface area contributed by atoms with Gasteiger partial charge >= 0.3 is 0 Å². The van der Waals surface area contributed by atoms with Crippen molar-refractivity contribution in [1.29, 1.82) is 0 Å². The number of carbonyl (C=O) groups is 2. The smallest absolute Gasteiger partial charge is 0.264 e. The summed E-state index contributed by atoms with van der Waals surface area (Å²) < 4.78 is 48.7. The van der Waals surface area contributed by atoms with E-state index in [1.54, 1.807) is 14.0 Å². The fraction of sp³-hybridized carbons (Fsp3) is 0.377. The number of ether oxygens (including phenoxy) is 4. The van der Waals surface area contributed by atoms with E-state index in [-0.39, 0.29) is 49.3 Å². The minimum absolute atomic E-state index is 0.0185. The number of aryl methyl sites for hydroxylation is 5. The van der Waals surface area contributed by atoms with E-state index in [0.29, 0.717) is 45.7 Å². The van der Waals surface area contributed by atoms with E-state index in [1.807, 2.05) is 111 Å². The van der Waals surface area contributed by atoms with Gasteiger partial charge in [0.25, 0.3) is 10.1 Å². The van der Waals surface area contributed by atoms with Gasteiger partial charge in [-0.1, -0.05) is 162 Å². The second-order valence-corrected chi connectivity index (χ2v) is 20.3. The molecule has 398 valence electrons. The van der Waals surface area contributed by atoms with Crippen LogP contribution in [0.3, 0.4) is 0 Å². The highest BCUT2D eigenvalue weighted by atomic mass is 32.2. The van der Waals surface area contributed by atoms with Crippen LogP contribution in [0.1, 0.15) is 76.8 Å². The SMILES string of the molecule is COc1ccc(COC(C)COS(C)(=O)=O)cc1.Cc1ccc(COC(C)COC[C@H](Cc2ccc(C)cc2)NC(=O)CCc2ccccc2)cc1.Cc1ccc(C[C@@H](CO)NC(=O)CCc2ccccc2)cc1. The third kappa shape index (κ3) is 26.7. The van der Waals surface area contributed by atoms with Gasteiger partial charge in [0.15, 0.2) is 0 Å². The van der Waals surface area contributed by atoms with Gasteiger partial charge in [0.1, 0.15) is 5.75 Å².